The van der Waals surface area contributed by atoms with Crippen LogP contribution >= 0.6 is 23.2 Å². The number of hydrogen-bond acceptors (Lipinski definition) is 4. The number of ether oxygens (including phenoxy) is 2. The zero-order chi connectivity index (χ0) is 15.2. The molecule has 0 radical (unpaired) electrons. The van der Waals surface area contributed by atoms with Crippen molar-refractivity contribution >= 4 is 35.8 Å². The molecule has 7 heteroatoms. The van der Waals surface area contributed by atoms with Gasteiger partial charge in [0.2, 0.25) is 0 Å². The lowest BCUT2D eigenvalue weighted by molar-refractivity contribution is 0.217. The third kappa shape index (κ3) is 4.83. The molecule has 0 amide bonds. The minimum atomic E-state index is -1.48. The van der Waals surface area contributed by atoms with E-state index in [1.807, 2.05) is 0 Å². The lowest BCUT2D eigenvalue weighted by Crippen LogP contribution is -2.29. The molecule has 21 heavy (non-hydrogen) atoms. The zero-order valence-electron chi connectivity index (χ0n) is 11.0. The molecule has 0 unspecified atom stereocenters. The molecule has 0 saturated carbocycles. The van der Waals surface area contributed by atoms with E-state index in [9.17, 15) is 0 Å². The predicted octanol–water partition coefficient (Wildman–Crippen LogP) is 2.13. The van der Waals surface area contributed by atoms with Crippen LogP contribution in [0.3, 0.4) is 0 Å². The third-order valence-corrected chi connectivity index (χ3v) is 3.21. The SMILES string of the molecule is OB(O)c1ccc(OCCOc2ccc(Cl)cc2Cl)cc1. The molecule has 0 aromatic heterocycles. The van der Waals surface area contributed by atoms with E-state index in [-0.39, 0.29) is 0 Å². The highest BCUT2D eigenvalue weighted by Crippen LogP contribution is 2.27. The van der Waals surface area contributed by atoms with Crippen LogP contribution in [-0.4, -0.2) is 30.4 Å². The van der Waals surface area contributed by atoms with Crippen LogP contribution in [0, 0.1) is 0 Å². The fourth-order valence-electron chi connectivity index (χ4n) is 1.64. The molecule has 2 rings (SSSR count). The Labute approximate surface area is 133 Å². The second kappa shape index (κ2) is 7.57. The summed E-state index contributed by atoms with van der Waals surface area (Å²) < 4.78 is 10.9. The van der Waals surface area contributed by atoms with Gasteiger partial charge < -0.3 is 19.5 Å². The Bertz CT molecular complexity index is 590. The number of rotatable bonds is 6. The molecule has 0 heterocycles. The summed E-state index contributed by atoms with van der Waals surface area (Å²) in [7, 11) is -1.48. The number of halogens is 2. The van der Waals surface area contributed by atoms with Crippen LogP contribution in [0.25, 0.3) is 0 Å². The third-order valence-electron chi connectivity index (χ3n) is 2.68. The molecule has 0 atom stereocenters. The smallest absolute Gasteiger partial charge is 0.488 e. The summed E-state index contributed by atoms with van der Waals surface area (Å²) in [6.07, 6.45) is 0. The minimum Gasteiger partial charge on any atom is -0.490 e. The highest BCUT2D eigenvalue weighted by molar-refractivity contribution is 6.58. The molecule has 2 aromatic carbocycles. The maximum Gasteiger partial charge on any atom is 0.488 e. The summed E-state index contributed by atoms with van der Waals surface area (Å²) in [5.41, 5.74) is 0.409. The molecule has 0 fully saturated rings. The molecule has 2 aromatic rings. The molecule has 0 aliphatic rings. The Kier molecular flexibility index (Phi) is 5.76. The van der Waals surface area contributed by atoms with Crippen molar-refractivity contribution in [2.45, 2.75) is 0 Å². The van der Waals surface area contributed by atoms with Gasteiger partial charge in [-0.1, -0.05) is 35.3 Å². The molecule has 0 aliphatic heterocycles. The van der Waals surface area contributed by atoms with E-state index in [2.05, 4.69) is 0 Å². The van der Waals surface area contributed by atoms with Crippen molar-refractivity contribution in [1.29, 1.82) is 0 Å². The van der Waals surface area contributed by atoms with Crippen molar-refractivity contribution in [3.05, 3.63) is 52.5 Å². The van der Waals surface area contributed by atoms with E-state index < -0.39 is 7.12 Å². The van der Waals surface area contributed by atoms with Crippen LogP contribution in [-0.2, 0) is 0 Å². The average molecular weight is 327 g/mol. The van der Waals surface area contributed by atoms with E-state index in [0.29, 0.717) is 40.2 Å². The highest BCUT2D eigenvalue weighted by Gasteiger charge is 2.09. The Morgan fingerprint density at radius 2 is 1.57 bits per heavy atom. The lowest BCUT2D eigenvalue weighted by Gasteiger charge is -2.10. The van der Waals surface area contributed by atoms with Crippen LogP contribution in [0.15, 0.2) is 42.5 Å². The number of benzene rings is 2. The van der Waals surface area contributed by atoms with Gasteiger partial charge in [-0.2, -0.15) is 0 Å². The van der Waals surface area contributed by atoms with Crippen molar-refractivity contribution in [3.8, 4) is 11.5 Å². The molecule has 0 spiro atoms. The van der Waals surface area contributed by atoms with Crippen LogP contribution in [0.2, 0.25) is 10.0 Å². The fourth-order valence-corrected chi connectivity index (χ4v) is 2.10. The summed E-state index contributed by atoms with van der Waals surface area (Å²) in [4.78, 5) is 0. The van der Waals surface area contributed by atoms with Gasteiger partial charge in [-0.25, -0.2) is 0 Å². The monoisotopic (exact) mass is 326 g/mol. The molecule has 4 nitrogen and oxygen atoms in total. The maximum atomic E-state index is 8.97. The standard InChI is InChI=1S/C14H13BCl2O4/c16-11-3-6-14(13(17)9-11)21-8-7-20-12-4-1-10(2-5-12)15(18)19/h1-6,9,18-19H,7-8H2. The first-order valence-electron chi connectivity index (χ1n) is 6.23. The fraction of sp³-hybridized carbons (Fsp3) is 0.143. The summed E-state index contributed by atoms with van der Waals surface area (Å²) in [6, 6.07) is 11.5. The minimum absolute atomic E-state index is 0.325. The predicted molar refractivity (Wildman–Crippen MR) is 83.7 cm³/mol. The molecule has 2 N–H and O–H groups in total. The summed E-state index contributed by atoms with van der Waals surface area (Å²) in [6.45, 7) is 0.658. The molecule has 0 bridgehead atoms. The van der Waals surface area contributed by atoms with Gasteiger partial charge in [-0.05, 0) is 35.8 Å². The first-order chi connectivity index (χ1) is 10.1. The van der Waals surface area contributed by atoms with E-state index >= 15 is 0 Å². The highest BCUT2D eigenvalue weighted by atomic mass is 35.5. The Balaban J connectivity index is 1.79. The quantitative estimate of drug-likeness (QED) is 0.630. The topological polar surface area (TPSA) is 58.9 Å². The second-order valence-corrected chi connectivity index (χ2v) is 5.06. The van der Waals surface area contributed by atoms with Gasteiger partial charge in [0, 0.05) is 5.02 Å². The summed E-state index contributed by atoms with van der Waals surface area (Å²) in [5, 5.41) is 18.9. The van der Waals surface area contributed by atoms with Crippen molar-refractivity contribution in [2.75, 3.05) is 13.2 Å². The van der Waals surface area contributed by atoms with Crippen LogP contribution in [0.4, 0.5) is 0 Å². The van der Waals surface area contributed by atoms with Gasteiger partial charge in [0.05, 0.1) is 5.02 Å². The van der Waals surface area contributed by atoms with Gasteiger partial charge in [0.25, 0.3) is 0 Å². The summed E-state index contributed by atoms with van der Waals surface area (Å²) in [5.74, 6) is 1.16. The van der Waals surface area contributed by atoms with Gasteiger partial charge in [-0.3, -0.25) is 0 Å². The number of hydrogen-bond donors (Lipinski definition) is 2. The van der Waals surface area contributed by atoms with E-state index in [1.165, 1.54) is 0 Å². The molecular weight excluding hydrogens is 314 g/mol. The van der Waals surface area contributed by atoms with Gasteiger partial charge in [0.15, 0.2) is 0 Å². The maximum absolute atomic E-state index is 8.97. The molecular formula is C14H13BCl2O4. The van der Waals surface area contributed by atoms with Gasteiger partial charge >= 0.3 is 7.12 Å². The molecule has 0 aliphatic carbocycles. The average Bonchev–Trinajstić information content (AvgIpc) is 2.46. The van der Waals surface area contributed by atoms with Crippen LogP contribution < -0.4 is 14.9 Å². The van der Waals surface area contributed by atoms with E-state index in [4.69, 9.17) is 42.7 Å². The van der Waals surface area contributed by atoms with E-state index in [0.717, 1.165) is 0 Å². The molecule has 110 valence electrons. The van der Waals surface area contributed by atoms with Crippen LogP contribution in [0.1, 0.15) is 0 Å². The Hall–Kier alpha value is -1.40. The molecule has 0 saturated heterocycles. The first kappa shape index (κ1) is 16.0. The Morgan fingerprint density at radius 1 is 0.905 bits per heavy atom. The largest absolute Gasteiger partial charge is 0.490 e. The Morgan fingerprint density at radius 3 is 2.19 bits per heavy atom. The normalized spacial score (nSPS) is 10.3. The second-order valence-electron chi connectivity index (χ2n) is 4.21. The van der Waals surface area contributed by atoms with Crippen molar-refractivity contribution < 1.29 is 19.5 Å². The van der Waals surface area contributed by atoms with Crippen molar-refractivity contribution in [1.82, 2.24) is 0 Å². The van der Waals surface area contributed by atoms with E-state index in [1.54, 1.807) is 42.5 Å². The lowest BCUT2D eigenvalue weighted by atomic mass is 9.80. The van der Waals surface area contributed by atoms with Crippen molar-refractivity contribution in [2.24, 2.45) is 0 Å². The first-order valence-corrected chi connectivity index (χ1v) is 6.98. The van der Waals surface area contributed by atoms with Crippen molar-refractivity contribution in [3.63, 3.8) is 0 Å². The zero-order valence-corrected chi connectivity index (χ0v) is 12.5. The van der Waals surface area contributed by atoms with Gasteiger partial charge in [0.1, 0.15) is 24.7 Å². The summed E-state index contributed by atoms with van der Waals surface area (Å²) >= 11 is 11.8. The van der Waals surface area contributed by atoms with Gasteiger partial charge in [-0.15, -0.1) is 0 Å². The van der Waals surface area contributed by atoms with Crippen LogP contribution in [0.5, 0.6) is 11.5 Å².